The summed E-state index contributed by atoms with van der Waals surface area (Å²) in [6.45, 7) is 2.46. The lowest BCUT2D eigenvalue weighted by Gasteiger charge is -2.00. The molecule has 0 unspecified atom stereocenters. The second-order valence-electron chi connectivity index (χ2n) is 4.34. The summed E-state index contributed by atoms with van der Waals surface area (Å²) in [7, 11) is -0.403. The third-order valence-corrected chi connectivity index (χ3v) is 4.24. The molecule has 0 aromatic carbocycles. The highest BCUT2D eigenvalue weighted by Gasteiger charge is 2.16. The highest BCUT2D eigenvalue weighted by Crippen LogP contribution is 2.08. The van der Waals surface area contributed by atoms with Gasteiger partial charge in [0.05, 0.1) is 24.4 Å². The van der Waals surface area contributed by atoms with Crippen LogP contribution in [0.15, 0.2) is 12.3 Å². The van der Waals surface area contributed by atoms with Crippen LogP contribution in [0, 0.1) is 6.92 Å². The summed E-state index contributed by atoms with van der Waals surface area (Å²) in [4.78, 5) is 0. The fraction of sp³-hybridized carbons (Fsp3) is 0.545. The Hall–Kier alpha value is -1.54. The Balaban J connectivity index is 2.16. The van der Waals surface area contributed by atoms with Crippen molar-refractivity contribution < 1.29 is 17.3 Å². The first-order valence-electron chi connectivity index (χ1n) is 5.91. The minimum Gasteiger partial charge on any atom is -0.273 e. The van der Waals surface area contributed by atoms with Crippen LogP contribution in [-0.4, -0.2) is 36.2 Å². The van der Waals surface area contributed by atoms with Crippen molar-refractivity contribution in [2.45, 2.75) is 19.9 Å². The molecule has 0 fully saturated rings. The second-order valence-corrected chi connectivity index (χ2v) is 6.19. The van der Waals surface area contributed by atoms with Crippen molar-refractivity contribution in [2.24, 2.45) is 7.05 Å². The Morgan fingerprint density at radius 2 is 2.21 bits per heavy atom. The monoisotopic (exact) mass is 285 g/mol. The van der Waals surface area contributed by atoms with E-state index in [0.717, 1.165) is 16.7 Å². The lowest BCUT2D eigenvalue weighted by Crippen LogP contribution is -2.42. The van der Waals surface area contributed by atoms with E-state index >= 15 is 0 Å². The summed E-state index contributed by atoms with van der Waals surface area (Å²) in [5.74, 6) is -0.0129. The molecule has 7 nitrogen and oxygen atoms in total. The van der Waals surface area contributed by atoms with E-state index in [1.54, 1.807) is 15.6 Å². The molecular weight excluding hydrogens is 268 g/mol. The standard InChI is InChI=1S/C11H17N4O3S/c1-9-7-10-8-12-14(2)11(10)13-15(9)5-4-6-19(16,17)18-3/h7-8H,4-6H2,1-3H3/q+1. The van der Waals surface area contributed by atoms with Crippen LogP contribution in [0.4, 0.5) is 0 Å². The first kappa shape index (κ1) is 13.9. The summed E-state index contributed by atoms with van der Waals surface area (Å²) in [5.41, 5.74) is 1.75. The molecule has 2 aromatic rings. The van der Waals surface area contributed by atoms with Gasteiger partial charge in [-0.25, -0.2) is 4.68 Å². The first-order valence-corrected chi connectivity index (χ1v) is 7.48. The molecule has 0 N–H and O–H groups in total. The SMILES string of the molecule is COS(=O)(=O)CCC[n+]1nc2c(cnn2C)cc1C. The Kier molecular flexibility index (Phi) is 3.81. The third-order valence-electron chi connectivity index (χ3n) is 2.94. The molecule has 0 amide bonds. The summed E-state index contributed by atoms with van der Waals surface area (Å²) in [6, 6.07) is 1.99. The number of fused-ring (bicyclic) bond motifs is 1. The maximum absolute atomic E-state index is 11.2. The van der Waals surface area contributed by atoms with Crippen LogP contribution in [0.2, 0.25) is 0 Å². The first-order chi connectivity index (χ1) is 8.93. The van der Waals surface area contributed by atoms with Crippen molar-refractivity contribution in [3.8, 4) is 0 Å². The number of aryl methyl sites for hydroxylation is 3. The molecule has 0 atom stereocenters. The number of rotatable bonds is 5. The molecule has 8 heteroatoms. The van der Waals surface area contributed by atoms with Crippen molar-refractivity contribution in [1.29, 1.82) is 0 Å². The zero-order chi connectivity index (χ0) is 14.0. The van der Waals surface area contributed by atoms with E-state index in [2.05, 4.69) is 14.4 Å². The highest BCUT2D eigenvalue weighted by atomic mass is 32.2. The van der Waals surface area contributed by atoms with Crippen molar-refractivity contribution in [2.75, 3.05) is 12.9 Å². The summed E-state index contributed by atoms with van der Waals surface area (Å²) >= 11 is 0. The van der Waals surface area contributed by atoms with Crippen LogP contribution in [0.25, 0.3) is 11.0 Å². The summed E-state index contributed by atoms with van der Waals surface area (Å²) in [5, 5.41) is 9.57. The van der Waals surface area contributed by atoms with Crippen LogP contribution in [0.5, 0.6) is 0 Å². The molecular formula is C11H17N4O3S+. The molecule has 0 aliphatic rings. The lowest BCUT2D eigenvalue weighted by molar-refractivity contribution is -0.757. The zero-order valence-electron chi connectivity index (χ0n) is 11.2. The largest absolute Gasteiger partial charge is 0.273 e. The van der Waals surface area contributed by atoms with Crippen LogP contribution >= 0.6 is 0 Å². The smallest absolute Gasteiger partial charge is 0.267 e. The minimum atomic E-state index is -3.40. The molecule has 2 aromatic heterocycles. The van der Waals surface area contributed by atoms with Crippen LogP contribution in [0.1, 0.15) is 12.1 Å². The van der Waals surface area contributed by atoms with Gasteiger partial charge >= 0.3 is 0 Å². The molecule has 0 spiro atoms. The molecule has 0 radical (unpaired) electrons. The second kappa shape index (κ2) is 5.22. The number of aromatic nitrogens is 4. The molecule has 19 heavy (non-hydrogen) atoms. The Morgan fingerprint density at radius 1 is 1.47 bits per heavy atom. The zero-order valence-corrected chi connectivity index (χ0v) is 12.0. The molecule has 2 rings (SSSR count). The molecule has 0 saturated heterocycles. The van der Waals surface area contributed by atoms with Gasteiger partial charge in [-0.05, 0) is 0 Å². The maximum Gasteiger partial charge on any atom is 0.267 e. The van der Waals surface area contributed by atoms with Crippen LogP contribution in [-0.2, 0) is 27.9 Å². The van der Waals surface area contributed by atoms with Gasteiger partial charge in [-0.2, -0.15) is 13.5 Å². The molecule has 2 heterocycles. The van der Waals surface area contributed by atoms with Crippen LogP contribution < -0.4 is 4.68 Å². The average molecular weight is 285 g/mol. The number of nitrogens with zero attached hydrogens (tertiary/aromatic N) is 4. The average Bonchev–Trinajstić information content (AvgIpc) is 2.71. The van der Waals surface area contributed by atoms with Gasteiger partial charge in [0, 0.05) is 31.6 Å². The predicted molar refractivity (Wildman–Crippen MR) is 68.9 cm³/mol. The van der Waals surface area contributed by atoms with Gasteiger partial charge in [0.15, 0.2) is 6.54 Å². The van der Waals surface area contributed by atoms with E-state index in [-0.39, 0.29) is 5.75 Å². The Morgan fingerprint density at radius 3 is 2.89 bits per heavy atom. The van der Waals surface area contributed by atoms with Gasteiger partial charge in [0.2, 0.25) is 11.3 Å². The molecule has 0 saturated carbocycles. The van der Waals surface area contributed by atoms with Crippen molar-refractivity contribution in [3.63, 3.8) is 0 Å². The number of hydrogen-bond donors (Lipinski definition) is 0. The third kappa shape index (κ3) is 3.07. The molecule has 0 aliphatic heterocycles. The molecule has 104 valence electrons. The van der Waals surface area contributed by atoms with Gasteiger partial charge in [-0.15, -0.1) is 0 Å². The van der Waals surface area contributed by atoms with Crippen LogP contribution in [0.3, 0.4) is 0 Å². The van der Waals surface area contributed by atoms with Gasteiger partial charge in [-0.1, -0.05) is 4.68 Å². The van der Waals surface area contributed by atoms with Gasteiger partial charge < -0.3 is 0 Å². The maximum atomic E-state index is 11.2. The van der Waals surface area contributed by atoms with E-state index < -0.39 is 10.1 Å². The van der Waals surface area contributed by atoms with E-state index in [1.165, 1.54) is 7.11 Å². The summed E-state index contributed by atoms with van der Waals surface area (Å²) < 4.78 is 30.4. The van der Waals surface area contributed by atoms with Gasteiger partial charge in [-0.3, -0.25) is 4.18 Å². The van der Waals surface area contributed by atoms with Gasteiger partial charge in [0.1, 0.15) is 0 Å². The van der Waals surface area contributed by atoms with Crippen molar-refractivity contribution >= 4 is 21.2 Å². The molecule has 0 bridgehead atoms. The van der Waals surface area contributed by atoms with E-state index in [1.807, 2.05) is 20.0 Å². The normalized spacial score (nSPS) is 12.2. The van der Waals surface area contributed by atoms with E-state index in [9.17, 15) is 8.42 Å². The molecule has 0 aliphatic carbocycles. The van der Waals surface area contributed by atoms with Crippen molar-refractivity contribution in [1.82, 2.24) is 14.9 Å². The predicted octanol–water partition coefficient (Wildman–Crippen LogP) is -0.0695. The quantitative estimate of drug-likeness (QED) is 0.567. The van der Waals surface area contributed by atoms with E-state index in [4.69, 9.17) is 0 Å². The van der Waals surface area contributed by atoms with E-state index in [0.29, 0.717) is 13.0 Å². The van der Waals surface area contributed by atoms with Crippen molar-refractivity contribution in [3.05, 3.63) is 18.0 Å². The fourth-order valence-electron chi connectivity index (χ4n) is 1.87. The van der Waals surface area contributed by atoms with Gasteiger partial charge in [0.25, 0.3) is 10.1 Å². The summed E-state index contributed by atoms with van der Waals surface area (Å²) in [6.07, 6.45) is 2.22. The minimum absolute atomic E-state index is 0.0129. The lowest BCUT2D eigenvalue weighted by atomic mass is 10.3. The highest BCUT2D eigenvalue weighted by molar-refractivity contribution is 7.86. The Labute approximate surface area is 111 Å². The topological polar surface area (TPSA) is 78.0 Å². The Bertz CT molecular complexity index is 693. The fourth-order valence-corrected chi connectivity index (χ4v) is 2.52. The number of hydrogen-bond acceptors (Lipinski definition) is 5.